The highest BCUT2D eigenvalue weighted by Crippen LogP contribution is 2.27. The van der Waals surface area contributed by atoms with Gasteiger partial charge in [-0.05, 0) is 46.6 Å². The van der Waals surface area contributed by atoms with Crippen molar-refractivity contribution in [3.05, 3.63) is 59.1 Å². The summed E-state index contributed by atoms with van der Waals surface area (Å²) in [6, 6.07) is 18.7. The molecule has 1 saturated heterocycles. The summed E-state index contributed by atoms with van der Waals surface area (Å²) < 4.78 is 1.09. The van der Waals surface area contributed by atoms with Crippen LogP contribution in [0, 0.1) is 0 Å². The summed E-state index contributed by atoms with van der Waals surface area (Å²) in [6.07, 6.45) is 1.60. The smallest absolute Gasteiger partial charge is 0.223 e. The summed E-state index contributed by atoms with van der Waals surface area (Å²) >= 11 is 5.27. The molecule has 0 spiro atoms. The molecule has 1 heterocycles. The van der Waals surface area contributed by atoms with Gasteiger partial charge in [-0.3, -0.25) is 4.79 Å². The number of likely N-dealkylation sites (tertiary alicyclic amines) is 1. The third-order valence-electron chi connectivity index (χ3n) is 4.10. The van der Waals surface area contributed by atoms with Crippen LogP contribution in [-0.2, 0) is 4.79 Å². The summed E-state index contributed by atoms with van der Waals surface area (Å²) in [5.41, 5.74) is 1.13. The molecular weight excluding hydrogens is 384 g/mol. The standard InChI is InChI=1S/C19H21BrN2OS/c20-17-8-4-5-9-18(17)24-13-11-19(23)22-12-10-16(14-22)21-15-6-2-1-3-7-15/h1-9,16,21H,10-14H2. The molecule has 2 aromatic rings. The van der Waals surface area contributed by atoms with Crippen molar-refractivity contribution in [2.24, 2.45) is 0 Å². The molecule has 0 saturated carbocycles. The second-order valence-corrected chi connectivity index (χ2v) is 7.86. The maximum Gasteiger partial charge on any atom is 0.223 e. The number of benzene rings is 2. The fourth-order valence-electron chi connectivity index (χ4n) is 2.84. The van der Waals surface area contributed by atoms with Crippen LogP contribution < -0.4 is 5.32 Å². The highest BCUT2D eigenvalue weighted by Gasteiger charge is 2.25. The van der Waals surface area contributed by atoms with Crippen LogP contribution in [0.15, 0.2) is 64.0 Å². The van der Waals surface area contributed by atoms with Gasteiger partial charge in [0.15, 0.2) is 0 Å². The van der Waals surface area contributed by atoms with Crippen molar-refractivity contribution in [2.45, 2.75) is 23.8 Å². The van der Waals surface area contributed by atoms with Gasteiger partial charge in [0.25, 0.3) is 0 Å². The number of nitrogens with zero attached hydrogens (tertiary/aromatic N) is 1. The number of rotatable bonds is 6. The Balaban J connectivity index is 1.42. The van der Waals surface area contributed by atoms with E-state index < -0.39 is 0 Å². The normalized spacial score (nSPS) is 17.0. The Morgan fingerprint density at radius 2 is 1.92 bits per heavy atom. The van der Waals surface area contributed by atoms with Crippen molar-refractivity contribution in [2.75, 3.05) is 24.2 Å². The van der Waals surface area contributed by atoms with E-state index in [-0.39, 0.29) is 5.91 Å². The summed E-state index contributed by atoms with van der Waals surface area (Å²) in [5, 5.41) is 3.51. The maximum absolute atomic E-state index is 12.4. The minimum absolute atomic E-state index is 0.256. The van der Waals surface area contributed by atoms with E-state index in [1.807, 2.05) is 41.3 Å². The molecule has 0 bridgehead atoms. The molecule has 1 atom stereocenters. The summed E-state index contributed by atoms with van der Waals surface area (Å²) in [4.78, 5) is 15.6. The Morgan fingerprint density at radius 3 is 2.71 bits per heavy atom. The number of thioether (sulfide) groups is 1. The largest absolute Gasteiger partial charge is 0.380 e. The molecule has 126 valence electrons. The van der Waals surface area contributed by atoms with Crippen molar-refractivity contribution < 1.29 is 4.79 Å². The Kier molecular flexibility index (Phi) is 6.21. The molecule has 1 N–H and O–H groups in total. The van der Waals surface area contributed by atoms with Crippen LogP contribution in [0.2, 0.25) is 0 Å². The van der Waals surface area contributed by atoms with E-state index in [4.69, 9.17) is 0 Å². The van der Waals surface area contributed by atoms with E-state index in [1.54, 1.807) is 11.8 Å². The Hall–Kier alpha value is -1.46. The van der Waals surface area contributed by atoms with Gasteiger partial charge in [-0.1, -0.05) is 30.3 Å². The molecular formula is C19H21BrN2OS. The lowest BCUT2D eigenvalue weighted by Gasteiger charge is -2.17. The molecule has 1 amide bonds. The van der Waals surface area contributed by atoms with Gasteiger partial charge in [0.2, 0.25) is 5.91 Å². The summed E-state index contributed by atoms with van der Waals surface area (Å²) in [5.74, 6) is 1.07. The fourth-order valence-corrected chi connectivity index (χ4v) is 4.35. The minimum Gasteiger partial charge on any atom is -0.380 e. The predicted molar refractivity (Wildman–Crippen MR) is 105 cm³/mol. The average molecular weight is 405 g/mol. The molecule has 0 aliphatic carbocycles. The van der Waals surface area contributed by atoms with Gasteiger partial charge < -0.3 is 10.2 Å². The lowest BCUT2D eigenvalue weighted by atomic mass is 10.2. The molecule has 0 radical (unpaired) electrons. The van der Waals surface area contributed by atoms with E-state index in [0.29, 0.717) is 12.5 Å². The number of halogens is 1. The maximum atomic E-state index is 12.4. The number of amides is 1. The zero-order chi connectivity index (χ0) is 16.8. The van der Waals surface area contributed by atoms with Gasteiger partial charge in [-0.25, -0.2) is 0 Å². The number of anilines is 1. The molecule has 1 aliphatic heterocycles. The van der Waals surface area contributed by atoms with Crippen LogP contribution in [0.4, 0.5) is 5.69 Å². The van der Waals surface area contributed by atoms with Crippen molar-refractivity contribution >= 4 is 39.3 Å². The number of carbonyl (C=O) groups excluding carboxylic acids is 1. The first-order valence-electron chi connectivity index (χ1n) is 8.19. The molecule has 0 aromatic heterocycles. The Morgan fingerprint density at radius 1 is 1.17 bits per heavy atom. The third-order valence-corrected chi connectivity index (χ3v) is 6.12. The summed E-state index contributed by atoms with van der Waals surface area (Å²) in [6.45, 7) is 1.65. The van der Waals surface area contributed by atoms with Gasteiger partial charge in [0.05, 0.1) is 0 Å². The molecule has 24 heavy (non-hydrogen) atoms. The van der Waals surface area contributed by atoms with Crippen molar-refractivity contribution in [3.63, 3.8) is 0 Å². The van der Waals surface area contributed by atoms with E-state index in [1.165, 1.54) is 4.90 Å². The quantitative estimate of drug-likeness (QED) is 0.711. The molecule has 5 heteroatoms. The van der Waals surface area contributed by atoms with Crippen molar-refractivity contribution in [1.82, 2.24) is 4.90 Å². The zero-order valence-electron chi connectivity index (χ0n) is 13.5. The van der Waals surface area contributed by atoms with Crippen molar-refractivity contribution in [3.8, 4) is 0 Å². The van der Waals surface area contributed by atoms with E-state index in [9.17, 15) is 4.79 Å². The van der Waals surface area contributed by atoms with Crippen LogP contribution in [0.25, 0.3) is 0 Å². The van der Waals surface area contributed by atoms with E-state index in [2.05, 4.69) is 39.4 Å². The number of hydrogen-bond donors (Lipinski definition) is 1. The van der Waals surface area contributed by atoms with Crippen LogP contribution >= 0.6 is 27.7 Å². The van der Waals surface area contributed by atoms with Crippen LogP contribution in [-0.4, -0.2) is 35.7 Å². The van der Waals surface area contributed by atoms with E-state index >= 15 is 0 Å². The second kappa shape index (κ2) is 8.58. The van der Waals surface area contributed by atoms with Crippen LogP contribution in [0.1, 0.15) is 12.8 Å². The molecule has 1 aliphatic rings. The number of carbonyl (C=O) groups is 1. The molecule has 1 fully saturated rings. The summed E-state index contributed by atoms with van der Waals surface area (Å²) in [7, 11) is 0. The molecule has 1 unspecified atom stereocenters. The number of nitrogens with one attached hydrogen (secondary N) is 1. The Bertz CT molecular complexity index is 680. The molecule has 3 nitrogen and oxygen atoms in total. The molecule has 2 aromatic carbocycles. The highest BCUT2D eigenvalue weighted by molar-refractivity contribution is 9.10. The third kappa shape index (κ3) is 4.77. The monoisotopic (exact) mass is 404 g/mol. The van der Waals surface area contributed by atoms with Gasteiger partial charge in [-0.15, -0.1) is 11.8 Å². The molecule has 3 rings (SSSR count). The SMILES string of the molecule is O=C(CCSc1ccccc1Br)N1CCC(Nc2ccccc2)C1. The van der Waals surface area contributed by atoms with Crippen LogP contribution in [0.5, 0.6) is 0 Å². The van der Waals surface area contributed by atoms with Crippen LogP contribution in [0.3, 0.4) is 0 Å². The zero-order valence-corrected chi connectivity index (χ0v) is 15.9. The van der Waals surface area contributed by atoms with Gasteiger partial charge in [0.1, 0.15) is 0 Å². The lowest BCUT2D eigenvalue weighted by molar-refractivity contribution is -0.129. The first-order valence-corrected chi connectivity index (χ1v) is 9.97. The topological polar surface area (TPSA) is 32.3 Å². The minimum atomic E-state index is 0.256. The predicted octanol–water partition coefficient (Wildman–Crippen LogP) is 4.64. The lowest BCUT2D eigenvalue weighted by Crippen LogP contribution is -2.31. The Labute approximate surface area is 155 Å². The fraction of sp³-hybridized carbons (Fsp3) is 0.316. The van der Waals surface area contributed by atoms with Gasteiger partial charge >= 0.3 is 0 Å². The number of hydrogen-bond acceptors (Lipinski definition) is 3. The first-order chi connectivity index (χ1) is 11.7. The second-order valence-electron chi connectivity index (χ2n) is 5.86. The van der Waals surface area contributed by atoms with Gasteiger partial charge in [0, 0.05) is 46.4 Å². The highest BCUT2D eigenvalue weighted by atomic mass is 79.9. The van der Waals surface area contributed by atoms with Crippen molar-refractivity contribution in [1.29, 1.82) is 0 Å². The van der Waals surface area contributed by atoms with E-state index in [0.717, 1.165) is 35.4 Å². The first kappa shape index (κ1) is 17.4. The number of para-hydroxylation sites is 1. The average Bonchev–Trinajstić information content (AvgIpc) is 3.06. The van der Waals surface area contributed by atoms with Gasteiger partial charge in [-0.2, -0.15) is 0 Å².